The molecule has 1 heterocycles. The van der Waals surface area contributed by atoms with Crippen LogP contribution in [-0.4, -0.2) is 9.97 Å². The number of hydrogen-bond acceptors (Lipinski definition) is 3. The summed E-state index contributed by atoms with van der Waals surface area (Å²) in [6, 6.07) is 12.0. The van der Waals surface area contributed by atoms with Crippen molar-refractivity contribution in [2.24, 2.45) is 11.7 Å². The molecule has 3 heteroatoms. The molecular formula is C14H17N3. The molecule has 3 nitrogen and oxygen atoms in total. The van der Waals surface area contributed by atoms with Gasteiger partial charge in [0.25, 0.3) is 0 Å². The van der Waals surface area contributed by atoms with Crippen molar-refractivity contribution in [3.8, 4) is 11.3 Å². The van der Waals surface area contributed by atoms with Gasteiger partial charge >= 0.3 is 0 Å². The van der Waals surface area contributed by atoms with Gasteiger partial charge in [-0.25, -0.2) is 9.97 Å². The first kappa shape index (κ1) is 11.7. The van der Waals surface area contributed by atoms with Gasteiger partial charge in [-0.2, -0.15) is 0 Å². The first-order valence-electron chi connectivity index (χ1n) is 5.81. The molecule has 17 heavy (non-hydrogen) atoms. The fourth-order valence-electron chi connectivity index (χ4n) is 1.66. The van der Waals surface area contributed by atoms with Crippen LogP contribution in [0.2, 0.25) is 0 Å². The van der Waals surface area contributed by atoms with Crippen LogP contribution in [0.1, 0.15) is 25.6 Å². The van der Waals surface area contributed by atoms with Crippen LogP contribution >= 0.6 is 0 Å². The van der Waals surface area contributed by atoms with Crippen molar-refractivity contribution in [2.45, 2.75) is 19.9 Å². The van der Waals surface area contributed by atoms with Crippen molar-refractivity contribution in [3.05, 3.63) is 48.4 Å². The van der Waals surface area contributed by atoms with E-state index in [2.05, 4.69) is 23.8 Å². The summed E-state index contributed by atoms with van der Waals surface area (Å²) in [5.74, 6) is 0.369. The zero-order valence-corrected chi connectivity index (χ0v) is 10.2. The maximum Gasteiger partial charge on any atom is 0.116 e. The van der Waals surface area contributed by atoms with Gasteiger partial charge in [0.1, 0.15) is 6.33 Å². The summed E-state index contributed by atoms with van der Waals surface area (Å²) in [7, 11) is 0. The standard InChI is InChI=1S/C14H17N3/c1-10(2)14(15)13-8-12(16-9-17-13)11-6-4-3-5-7-11/h3-10,14H,15H2,1-2H3. The number of rotatable bonds is 3. The summed E-state index contributed by atoms with van der Waals surface area (Å²) in [6.07, 6.45) is 1.58. The van der Waals surface area contributed by atoms with Crippen LogP contribution in [0.3, 0.4) is 0 Å². The smallest absolute Gasteiger partial charge is 0.116 e. The Labute approximate surface area is 102 Å². The number of aromatic nitrogens is 2. The van der Waals surface area contributed by atoms with E-state index in [0.717, 1.165) is 17.0 Å². The summed E-state index contributed by atoms with van der Waals surface area (Å²) in [6.45, 7) is 4.18. The summed E-state index contributed by atoms with van der Waals surface area (Å²) < 4.78 is 0. The van der Waals surface area contributed by atoms with Crippen molar-refractivity contribution in [2.75, 3.05) is 0 Å². The van der Waals surface area contributed by atoms with Crippen molar-refractivity contribution in [3.63, 3.8) is 0 Å². The van der Waals surface area contributed by atoms with Gasteiger partial charge in [0.15, 0.2) is 0 Å². The molecule has 0 radical (unpaired) electrons. The van der Waals surface area contributed by atoms with Gasteiger partial charge in [-0.3, -0.25) is 0 Å². The molecule has 2 rings (SSSR count). The van der Waals surface area contributed by atoms with Gasteiger partial charge in [0.2, 0.25) is 0 Å². The lowest BCUT2D eigenvalue weighted by atomic mass is 10.0. The van der Waals surface area contributed by atoms with E-state index in [0.29, 0.717) is 5.92 Å². The monoisotopic (exact) mass is 227 g/mol. The molecule has 1 atom stereocenters. The predicted octanol–water partition coefficient (Wildman–Crippen LogP) is 2.80. The topological polar surface area (TPSA) is 51.8 Å². The Morgan fingerprint density at radius 2 is 1.76 bits per heavy atom. The highest BCUT2D eigenvalue weighted by molar-refractivity contribution is 5.58. The molecule has 88 valence electrons. The van der Waals surface area contributed by atoms with Gasteiger partial charge in [0.05, 0.1) is 11.4 Å². The molecular weight excluding hydrogens is 210 g/mol. The molecule has 1 unspecified atom stereocenters. The van der Waals surface area contributed by atoms with E-state index in [1.807, 2.05) is 36.4 Å². The number of hydrogen-bond donors (Lipinski definition) is 1. The van der Waals surface area contributed by atoms with E-state index >= 15 is 0 Å². The van der Waals surface area contributed by atoms with E-state index in [1.54, 1.807) is 6.33 Å². The second-order valence-electron chi connectivity index (χ2n) is 4.46. The van der Waals surface area contributed by atoms with Gasteiger partial charge in [0, 0.05) is 11.6 Å². The Morgan fingerprint density at radius 3 is 2.41 bits per heavy atom. The molecule has 2 N–H and O–H groups in total. The lowest BCUT2D eigenvalue weighted by molar-refractivity contribution is 0.502. The van der Waals surface area contributed by atoms with E-state index < -0.39 is 0 Å². The third-order valence-corrected chi connectivity index (χ3v) is 2.82. The third kappa shape index (κ3) is 2.68. The van der Waals surface area contributed by atoms with E-state index in [4.69, 9.17) is 5.73 Å². The van der Waals surface area contributed by atoms with Crippen LogP contribution in [0, 0.1) is 5.92 Å². The number of nitrogens with zero attached hydrogens (tertiary/aromatic N) is 2. The minimum atomic E-state index is -0.0412. The Bertz CT molecular complexity index is 480. The van der Waals surface area contributed by atoms with Crippen LogP contribution in [-0.2, 0) is 0 Å². The lowest BCUT2D eigenvalue weighted by Gasteiger charge is -2.15. The molecule has 0 aliphatic carbocycles. The lowest BCUT2D eigenvalue weighted by Crippen LogP contribution is -2.18. The zero-order valence-electron chi connectivity index (χ0n) is 10.2. The molecule has 1 aromatic carbocycles. The minimum absolute atomic E-state index is 0.0412. The summed E-state index contributed by atoms with van der Waals surface area (Å²) in [4.78, 5) is 8.53. The zero-order chi connectivity index (χ0) is 12.3. The van der Waals surface area contributed by atoms with Gasteiger partial charge < -0.3 is 5.73 Å². The highest BCUT2D eigenvalue weighted by Crippen LogP contribution is 2.21. The molecule has 0 amide bonds. The second-order valence-corrected chi connectivity index (χ2v) is 4.46. The third-order valence-electron chi connectivity index (χ3n) is 2.82. The van der Waals surface area contributed by atoms with E-state index in [9.17, 15) is 0 Å². The van der Waals surface area contributed by atoms with E-state index in [1.165, 1.54) is 0 Å². The normalized spacial score (nSPS) is 12.7. The summed E-state index contributed by atoms with van der Waals surface area (Å²) in [5.41, 5.74) is 9.00. The highest BCUT2D eigenvalue weighted by Gasteiger charge is 2.12. The van der Waals surface area contributed by atoms with Crippen molar-refractivity contribution in [1.29, 1.82) is 0 Å². The Morgan fingerprint density at radius 1 is 1.06 bits per heavy atom. The van der Waals surface area contributed by atoms with Crippen LogP contribution < -0.4 is 5.73 Å². The largest absolute Gasteiger partial charge is 0.322 e. The molecule has 0 aliphatic heterocycles. The minimum Gasteiger partial charge on any atom is -0.322 e. The van der Waals surface area contributed by atoms with Gasteiger partial charge in [-0.15, -0.1) is 0 Å². The summed E-state index contributed by atoms with van der Waals surface area (Å²) >= 11 is 0. The molecule has 0 aliphatic rings. The maximum absolute atomic E-state index is 6.09. The van der Waals surface area contributed by atoms with Crippen LogP contribution in [0.4, 0.5) is 0 Å². The average Bonchev–Trinajstić information content (AvgIpc) is 2.39. The fourth-order valence-corrected chi connectivity index (χ4v) is 1.66. The summed E-state index contributed by atoms with van der Waals surface area (Å²) in [5, 5.41) is 0. The fraction of sp³-hybridized carbons (Fsp3) is 0.286. The van der Waals surface area contributed by atoms with Crippen molar-refractivity contribution < 1.29 is 0 Å². The SMILES string of the molecule is CC(C)C(N)c1cc(-c2ccccc2)ncn1. The average molecular weight is 227 g/mol. The molecule has 0 saturated heterocycles. The molecule has 0 spiro atoms. The van der Waals surface area contributed by atoms with Gasteiger partial charge in [-0.05, 0) is 12.0 Å². The molecule has 0 saturated carbocycles. The van der Waals surface area contributed by atoms with Crippen molar-refractivity contribution in [1.82, 2.24) is 9.97 Å². The van der Waals surface area contributed by atoms with Crippen LogP contribution in [0.25, 0.3) is 11.3 Å². The van der Waals surface area contributed by atoms with E-state index in [-0.39, 0.29) is 6.04 Å². The molecule has 1 aromatic heterocycles. The van der Waals surface area contributed by atoms with Gasteiger partial charge in [-0.1, -0.05) is 44.2 Å². The second kappa shape index (κ2) is 5.06. The molecule has 0 fully saturated rings. The maximum atomic E-state index is 6.09. The van der Waals surface area contributed by atoms with Crippen LogP contribution in [0.15, 0.2) is 42.7 Å². The molecule has 2 aromatic rings. The first-order chi connectivity index (χ1) is 8.18. The first-order valence-corrected chi connectivity index (χ1v) is 5.81. The predicted molar refractivity (Wildman–Crippen MR) is 69.2 cm³/mol. The Hall–Kier alpha value is -1.74. The number of nitrogens with two attached hydrogens (primary N) is 1. The van der Waals surface area contributed by atoms with Crippen molar-refractivity contribution >= 4 is 0 Å². The quantitative estimate of drug-likeness (QED) is 0.877. The Balaban J connectivity index is 2.35. The number of benzene rings is 1. The Kier molecular flexibility index (Phi) is 3.49. The highest BCUT2D eigenvalue weighted by atomic mass is 14.9. The van der Waals surface area contributed by atoms with Crippen LogP contribution in [0.5, 0.6) is 0 Å². The molecule has 0 bridgehead atoms.